The first kappa shape index (κ1) is 18.3. The molecule has 2 aromatic carbocycles. The lowest BCUT2D eigenvalue weighted by Crippen LogP contribution is -3.19. The second kappa shape index (κ2) is 7.50. The fraction of sp³-hybridized carbons (Fsp3) is 0.300. The number of nitrogens with one attached hydrogen (secondary N) is 1. The number of hydrogen-bond donors (Lipinski definition) is 1. The first-order valence-corrected chi connectivity index (χ1v) is 9.76. The molecule has 1 atom stereocenters. The molecule has 2 saturated heterocycles. The minimum absolute atomic E-state index is 0.131. The molecule has 2 heterocycles. The van der Waals surface area contributed by atoms with Gasteiger partial charge in [-0.25, -0.2) is 4.90 Å². The summed E-state index contributed by atoms with van der Waals surface area (Å²) in [6.45, 7) is 3.26. The van der Waals surface area contributed by atoms with Gasteiger partial charge in [0, 0.05) is 15.7 Å². The molecule has 2 aliphatic heterocycles. The number of carbonyl (C=O) groups excluding carboxylic acids is 2. The Morgan fingerprint density at radius 2 is 1.48 bits per heavy atom. The highest BCUT2D eigenvalue weighted by atomic mass is 35.5. The van der Waals surface area contributed by atoms with Crippen molar-refractivity contribution in [2.75, 3.05) is 36.0 Å². The molecule has 2 aliphatic rings. The number of imide groups is 1. The number of benzene rings is 2. The standard InChI is InChI=1S/C20H19Cl2N3O2/c21-14-3-1-5-16(11-14)23-7-9-24(10-8-23)18-13-19(26)25(20(18)27)17-6-2-4-15(22)12-17/h1-6,11-12,18H,7-10,13H2/p+1/t18-/m1/s1. The van der Waals surface area contributed by atoms with E-state index in [-0.39, 0.29) is 24.3 Å². The van der Waals surface area contributed by atoms with Crippen molar-refractivity contribution >= 4 is 46.4 Å². The van der Waals surface area contributed by atoms with Crippen LogP contribution in [-0.2, 0) is 9.59 Å². The van der Waals surface area contributed by atoms with E-state index < -0.39 is 0 Å². The molecule has 0 radical (unpaired) electrons. The molecule has 2 fully saturated rings. The molecule has 4 rings (SSSR count). The lowest BCUT2D eigenvalue weighted by atomic mass is 10.1. The number of amides is 2. The van der Waals surface area contributed by atoms with Crippen molar-refractivity contribution < 1.29 is 14.5 Å². The van der Waals surface area contributed by atoms with E-state index in [2.05, 4.69) is 4.90 Å². The Labute approximate surface area is 168 Å². The summed E-state index contributed by atoms with van der Waals surface area (Å²) in [4.78, 5) is 30.1. The van der Waals surface area contributed by atoms with Gasteiger partial charge >= 0.3 is 0 Å². The van der Waals surface area contributed by atoms with Crippen LogP contribution in [0.15, 0.2) is 48.5 Å². The Morgan fingerprint density at radius 1 is 0.889 bits per heavy atom. The van der Waals surface area contributed by atoms with Crippen molar-refractivity contribution in [1.82, 2.24) is 0 Å². The topological polar surface area (TPSA) is 45.1 Å². The minimum atomic E-state index is -0.321. The molecular formula is C20H20Cl2N3O2+. The number of anilines is 2. The van der Waals surface area contributed by atoms with Gasteiger partial charge < -0.3 is 9.80 Å². The van der Waals surface area contributed by atoms with Crippen LogP contribution in [0.3, 0.4) is 0 Å². The molecule has 0 aromatic heterocycles. The predicted octanol–water partition coefficient (Wildman–Crippen LogP) is 2.03. The third-order valence-electron chi connectivity index (χ3n) is 5.28. The number of nitrogens with zero attached hydrogens (tertiary/aromatic N) is 2. The van der Waals surface area contributed by atoms with Crippen molar-refractivity contribution in [2.24, 2.45) is 0 Å². The van der Waals surface area contributed by atoms with Crippen molar-refractivity contribution in [2.45, 2.75) is 12.5 Å². The smallest absolute Gasteiger partial charge is 0.292 e. The highest BCUT2D eigenvalue weighted by molar-refractivity contribution is 6.31. The molecule has 27 heavy (non-hydrogen) atoms. The molecule has 2 amide bonds. The molecule has 0 saturated carbocycles. The van der Waals surface area contributed by atoms with Gasteiger partial charge in [0.15, 0.2) is 6.04 Å². The van der Waals surface area contributed by atoms with E-state index in [4.69, 9.17) is 23.2 Å². The van der Waals surface area contributed by atoms with Crippen LogP contribution in [-0.4, -0.2) is 44.0 Å². The van der Waals surface area contributed by atoms with Crippen LogP contribution >= 0.6 is 23.2 Å². The lowest BCUT2D eigenvalue weighted by Gasteiger charge is -2.35. The SMILES string of the molecule is O=C1C[C@@H]([NH+]2CCN(c3cccc(Cl)c3)CC2)C(=O)N1c1cccc(Cl)c1. The van der Waals surface area contributed by atoms with Crippen LogP contribution < -0.4 is 14.7 Å². The van der Waals surface area contributed by atoms with Gasteiger partial charge in [0.1, 0.15) is 0 Å². The van der Waals surface area contributed by atoms with E-state index in [1.54, 1.807) is 24.3 Å². The van der Waals surface area contributed by atoms with Crippen LogP contribution in [0, 0.1) is 0 Å². The van der Waals surface area contributed by atoms with Gasteiger partial charge in [-0.3, -0.25) is 9.59 Å². The summed E-state index contributed by atoms with van der Waals surface area (Å²) >= 11 is 12.1. The summed E-state index contributed by atoms with van der Waals surface area (Å²) in [6.07, 6.45) is 0.248. The maximum absolute atomic E-state index is 12.9. The Hall–Kier alpha value is -2.08. The number of quaternary nitrogens is 1. The largest absolute Gasteiger partial charge is 0.360 e. The van der Waals surface area contributed by atoms with Crippen molar-refractivity contribution in [3.63, 3.8) is 0 Å². The maximum atomic E-state index is 12.9. The fourth-order valence-corrected chi connectivity index (χ4v) is 4.28. The predicted molar refractivity (Wildman–Crippen MR) is 107 cm³/mol. The van der Waals surface area contributed by atoms with Crippen molar-refractivity contribution in [3.05, 3.63) is 58.6 Å². The number of carbonyl (C=O) groups is 2. The van der Waals surface area contributed by atoms with Crippen LogP contribution in [0.2, 0.25) is 10.0 Å². The zero-order valence-corrected chi connectivity index (χ0v) is 16.2. The van der Waals surface area contributed by atoms with Gasteiger partial charge in [-0.15, -0.1) is 0 Å². The number of halogens is 2. The van der Waals surface area contributed by atoms with Gasteiger partial charge in [-0.05, 0) is 36.4 Å². The van der Waals surface area contributed by atoms with Gasteiger partial charge in [-0.1, -0.05) is 35.3 Å². The molecule has 0 aliphatic carbocycles. The molecule has 0 bridgehead atoms. The molecule has 2 aromatic rings. The molecule has 0 spiro atoms. The molecular weight excluding hydrogens is 385 g/mol. The summed E-state index contributed by atoms with van der Waals surface area (Å²) in [7, 11) is 0. The number of piperazine rings is 1. The van der Waals surface area contributed by atoms with Gasteiger partial charge in [0.05, 0.1) is 38.3 Å². The molecule has 0 unspecified atom stereocenters. The average molecular weight is 405 g/mol. The molecule has 1 N–H and O–H groups in total. The summed E-state index contributed by atoms with van der Waals surface area (Å²) in [5.41, 5.74) is 1.65. The zero-order chi connectivity index (χ0) is 19.0. The zero-order valence-electron chi connectivity index (χ0n) is 14.7. The molecule has 7 heteroatoms. The first-order chi connectivity index (χ1) is 13.0. The highest BCUT2D eigenvalue weighted by Crippen LogP contribution is 2.25. The van der Waals surface area contributed by atoms with E-state index in [1.165, 1.54) is 4.90 Å². The van der Waals surface area contributed by atoms with Crippen LogP contribution in [0.4, 0.5) is 11.4 Å². The van der Waals surface area contributed by atoms with Crippen molar-refractivity contribution in [1.29, 1.82) is 0 Å². The lowest BCUT2D eigenvalue weighted by molar-refractivity contribution is -0.915. The van der Waals surface area contributed by atoms with E-state index in [0.29, 0.717) is 10.7 Å². The third kappa shape index (κ3) is 3.68. The van der Waals surface area contributed by atoms with E-state index in [1.807, 2.05) is 24.3 Å². The Kier molecular flexibility index (Phi) is 5.08. The second-order valence-electron chi connectivity index (χ2n) is 6.93. The monoisotopic (exact) mass is 404 g/mol. The van der Waals surface area contributed by atoms with E-state index in [9.17, 15) is 9.59 Å². The summed E-state index contributed by atoms with van der Waals surface area (Å²) < 4.78 is 0. The summed E-state index contributed by atoms with van der Waals surface area (Å²) in [6, 6.07) is 14.4. The number of hydrogen-bond acceptors (Lipinski definition) is 3. The Morgan fingerprint density at radius 3 is 2.11 bits per heavy atom. The Balaban J connectivity index is 1.44. The summed E-state index contributed by atoms with van der Waals surface area (Å²) in [5.74, 6) is -0.287. The third-order valence-corrected chi connectivity index (χ3v) is 5.76. The molecule has 140 valence electrons. The normalized spacial score (nSPS) is 21.2. The van der Waals surface area contributed by atoms with Gasteiger partial charge in [0.2, 0.25) is 5.91 Å². The second-order valence-corrected chi connectivity index (χ2v) is 7.80. The quantitative estimate of drug-likeness (QED) is 0.796. The van der Waals surface area contributed by atoms with Crippen LogP contribution in [0.1, 0.15) is 6.42 Å². The van der Waals surface area contributed by atoms with Crippen LogP contribution in [0.25, 0.3) is 0 Å². The maximum Gasteiger partial charge on any atom is 0.292 e. The fourth-order valence-electron chi connectivity index (χ4n) is 3.91. The van der Waals surface area contributed by atoms with Gasteiger partial charge in [-0.2, -0.15) is 0 Å². The minimum Gasteiger partial charge on any atom is -0.360 e. The average Bonchev–Trinajstić information content (AvgIpc) is 2.96. The van der Waals surface area contributed by atoms with Crippen LogP contribution in [0.5, 0.6) is 0 Å². The van der Waals surface area contributed by atoms with Gasteiger partial charge in [0.25, 0.3) is 5.91 Å². The Bertz CT molecular complexity index is 881. The van der Waals surface area contributed by atoms with Crippen molar-refractivity contribution in [3.8, 4) is 0 Å². The van der Waals surface area contributed by atoms with E-state index >= 15 is 0 Å². The number of rotatable bonds is 3. The molecule has 5 nitrogen and oxygen atoms in total. The highest BCUT2D eigenvalue weighted by Gasteiger charge is 2.46. The first-order valence-electron chi connectivity index (χ1n) is 9.00. The summed E-state index contributed by atoms with van der Waals surface area (Å²) in [5, 5.41) is 1.23. The van der Waals surface area contributed by atoms with E-state index in [0.717, 1.165) is 41.8 Å².